The summed E-state index contributed by atoms with van der Waals surface area (Å²) in [6, 6.07) is 0. The van der Waals surface area contributed by atoms with Gasteiger partial charge in [0.15, 0.2) is 5.69 Å². The van der Waals surface area contributed by atoms with Crippen LogP contribution >= 0.6 is 0 Å². The van der Waals surface area contributed by atoms with Gasteiger partial charge in [0.2, 0.25) is 0 Å². The third-order valence-corrected chi connectivity index (χ3v) is 3.08. The number of hydrogen-bond acceptors (Lipinski definition) is 5. The van der Waals surface area contributed by atoms with E-state index in [4.69, 9.17) is 10.5 Å². The summed E-state index contributed by atoms with van der Waals surface area (Å²) in [6.07, 6.45) is 1.74. The van der Waals surface area contributed by atoms with E-state index in [0.717, 1.165) is 18.9 Å². The summed E-state index contributed by atoms with van der Waals surface area (Å²) >= 11 is 0. The largest absolute Gasteiger partial charge is 0.464 e. The zero-order valence-electron chi connectivity index (χ0n) is 12.8. The molecule has 1 rings (SSSR count). The summed E-state index contributed by atoms with van der Waals surface area (Å²) in [4.78, 5) is 15.8. The maximum atomic E-state index is 11.6. The first-order chi connectivity index (χ1) is 9.51. The summed E-state index contributed by atoms with van der Waals surface area (Å²) in [5.41, 5.74) is 6.15. The zero-order valence-corrected chi connectivity index (χ0v) is 12.8. The van der Waals surface area contributed by atoms with Crippen molar-refractivity contribution in [3.05, 3.63) is 11.5 Å². The fourth-order valence-corrected chi connectivity index (χ4v) is 1.86. The molecule has 0 aliphatic heterocycles. The Bertz CT molecular complexity index is 441. The van der Waals surface area contributed by atoms with Crippen LogP contribution in [-0.4, -0.2) is 35.8 Å². The van der Waals surface area contributed by atoms with Crippen LogP contribution < -0.4 is 5.73 Å². The topological polar surface area (TPSA) is 79.4 Å². The molecule has 0 spiro atoms. The second-order valence-electron chi connectivity index (χ2n) is 5.05. The number of aromatic nitrogens is 2. The average Bonchev–Trinajstić information content (AvgIpc) is 2.74. The molecule has 6 heteroatoms. The molecule has 0 radical (unpaired) electrons. The van der Waals surface area contributed by atoms with Crippen LogP contribution in [0.4, 0.5) is 5.82 Å². The molecule has 0 aromatic carbocycles. The van der Waals surface area contributed by atoms with Crippen molar-refractivity contribution in [1.29, 1.82) is 0 Å². The Labute approximate surface area is 120 Å². The van der Waals surface area contributed by atoms with Gasteiger partial charge in [0.1, 0.15) is 11.6 Å². The fraction of sp³-hybridized carbons (Fsp3) is 0.714. The lowest BCUT2D eigenvalue weighted by Crippen LogP contribution is -2.13. The predicted octanol–water partition coefficient (Wildman–Crippen LogP) is 1.88. The third kappa shape index (κ3) is 4.23. The number of nitrogens with zero attached hydrogens (tertiary/aromatic N) is 2. The van der Waals surface area contributed by atoms with Gasteiger partial charge >= 0.3 is 5.97 Å². The SMILES string of the molecule is CCc1nc(C(=O)OC)c(N)n1CCOCCC(C)C. The number of ether oxygens (including phenoxy) is 2. The van der Waals surface area contributed by atoms with Crippen molar-refractivity contribution in [2.75, 3.05) is 26.1 Å². The van der Waals surface area contributed by atoms with Crippen LogP contribution in [0.25, 0.3) is 0 Å². The van der Waals surface area contributed by atoms with Crippen LogP contribution in [0.5, 0.6) is 0 Å². The number of methoxy groups -OCH3 is 1. The second kappa shape index (κ2) is 7.89. The Kier molecular flexibility index (Phi) is 6.51. The molecule has 6 nitrogen and oxygen atoms in total. The van der Waals surface area contributed by atoms with Gasteiger partial charge in [-0.3, -0.25) is 0 Å². The van der Waals surface area contributed by atoms with Crippen LogP contribution in [0.2, 0.25) is 0 Å². The van der Waals surface area contributed by atoms with E-state index in [1.54, 1.807) is 0 Å². The molecule has 0 unspecified atom stereocenters. The predicted molar refractivity (Wildman–Crippen MR) is 77.6 cm³/mol. The number of esters is 1. The quantitative estimate of drug-likeness (QED) is 0.582. The number of imidazole rings is 1. The molecule has 0 aliphatic carbocycles. The van der Waals surface area contributed by atoms with E-state index < -0.39 is 5.97 Å². The molecule has 0 amide bonds. The lowest BCUT2D eigenvalue weighted by Gasteiger charge is -2.10. The molecule has 0 aliphatic rings. The number of hydrogen-bond donors (Lipinski definition) is 1. The molecular formula is C14H25N3O3. The van der Waals surface area contributed by atoms with Gasteiger partial charge in [0, 0.05) is 19.6 Å². The van der Waals surface area contributed by atoms with Crippen LogP contribution in [0.3, 0.4) is 0 Å². The number of anilines is 1. The number of nitrogens with two attached hydrogens (primary N) is 1. The van der Waals surface area contributed by atoms with Crippen molar-refractivity contribution in [3.63, 3.8) is 0 Å². The van der Waals surface area contributed by atoms with Crippen LogP contribution in [-0.2, 0) is 22.4 Å². The minimum absolute atomic E-state index is 0.187. The first-order valence-electron chi connectivity index (χ1n) is 7.02. The van der Waals surface area contributed by atoms with Crippen LogP contribution in [0.1, 0.15) is 43.5 Å². The van der Waals surface area contributed by atoms with Crippen LogP contribution in [0.15, 0.2) is 0 Å². The van der Waals surface area contributed by atoms with E-state index in [9.17, 15) is 4.79 Å². The van der Waals surface area contributed by atoms with Gasteiger partial charge in [-0.25, -0.2) is 9.78 Å². The van der Waals surface area contributed by atoms with Gasteiger partial charge in [-0.15, -0.1) is 0 Å². The Morgan fingerprint density at radius 2 is 2.10 bits per heavy atom. The van der Waals surface area contributed by atoms with E-state index >= 15 is 0 Å². The Balaban J connectivity index is 2.64. The molecule has 0 bridgehead atoms. The third-order valence-electron chi connectivity index (χ3n) is 3.08. The Morgan fingerprint density at radius 1 is 1.40 bits per heavy atom. The molecule has 0 fully saturated rings. The smallest absolute Gasteiger partial charge is 0.360 e. The zero-order chi connectivity index (χ0) is 15.1. The lowest BCUT2D eigenvalue weighted by atomic mass is 10.1. The highest BCUT2D eigenvalue weighted by Gasteiger charge is 2.19. The molecule has 114 valence electrons. The summed E-state index contributed by atoms with van der Waals surface area (Å²) in [5.74, 6) is 1.25. The molecule has 0 saturated heterocycles. The van der Waals surface area contributed by atoms with Crippen LogP contribution in [0, 0.1) is 5.92 Å². The second-order valence-corrected chi connectivity index (χ2v) is 5.05. The average molecular weight is 283 g/mol. The van der Waals surface area contributed by atoms with Gasteiger partial charge in [0.25, 0.3) is 0 Å². The first-order valence-corrected chi connectivity index (χ1v) is 7.02. The van der Waals surface area contributed by atoms with Gasteiger partial charge < -0.3 is 19.8 Å². The molecule has 0 saturated carbocycles. The van der Waals surface area contributed by atoms with Crippen molar-refractivity contribution in [2.45, 2.75) is 40.2 Å². The van der Waals surface area contributed by atoms with Crippen molar-refractivity contribution < 1.29 is 14.3 Å². The Morgan fingerprint density at radius 3 is 2.65 bits per heavy atom. The van der Waals surface area contributed by atoms with Crippen molar-refractivity contribution in [1.82, 2.24) is 9.55 Å². The van der Waals surface area contributed by atoms with Crippen molar-refractivity contribution in [3.8, 4) is 0 Å². The highest BCUT2D eigenvalue weighted by molar-refractivity contribution is 5.92. The molecule has 1 aromatic heterocycles. The van der Waals surface area contributed by atoms with Gasteiger partial charge in [-0.2, -0.15) is 0 Å². The summed E-state index contributed by atoms with van der Waals surface area (Å²) in [6.45, 7) is 8.18. The monoisotopic (exact) mass is 283 g/mol. The molecule has 20 heavy (non-hydrogen) atoms. The maximum absolute atomic E-state index is 11.6. The lowest BCUT2D eigenvalue weighted by molar-refractivity contribution is 0.0595. The maximum Gasteiger partial charge on any atom is 0.360 e. The molecular weight excluding hydrogens is 258 g/mol. The van der Waals surface area contributed by atoms with Crippen molar-refractivity contribution in [2.24, 2.45) is 5.92 Å². The number of carbonyl (C=O) groups is 1. The standard InChI is InChI=1S/C14H25N3O3/c1-5-11-16-12(14(18)19-4)13(15)17(11)7-9-20-8-6-10(2)3/h10H,5-9,15H2,1-4H3. The minimum Gasteiger partial charge on any atom is -0.464 e. The van der Waals surface area contributed by atoms with E-state index in [1.807, 2.05) is 11.5 Å². The number of nitrogen functional groups attached to an aromatic ring is 1. The van der Waals surface area contributed by atoms with E-state index in [2.05, 4.69) is 23.6 Å². The van der Waals surface area contributed by atoms with Gasteiger partial charge in [-0.1, -0.05) is 20.8 Å². The van der Waals surface area contributed by atoms with E-state index in [-0.39, 0.29) is 5.69 Å². The highest BCUT2D eigenvalue weighted by atomic mass is 16.5. The van der Waals surface area contributed by atoms with Gasteiger partial charge in [-0.05, 0) is 12.3 Å². The van der Waals surface area contributed by atoms with E-state index in [0.29, 0.717) is 31.3 Å². The summed E-state index contributed by atoms with van der Waals surface area (Å²) < 4.78 is 12.1. The molecule has 0 atom stereocenters. The summed E-state index contributed by atoms with van der Waals surface area (Å²) in [7, 11) is 1.32. The van der Waals surface area contributed by atoms with E-state index in [1.165, 1.54) is 7.11 Å². The summed E-state index contributed by atoms with van der Waals surface area (Å²) in [5, 5.41) is 0. The molecule has 2 N–H and O–H groups in total. The number of carbonyl (C=O) groups excluding carboxylic acids is 1. The molecule has 1 heterocycles. The number of rotatable bonds is 8. The molecule has 1 aromatic rings. The minimum atomic E-state index is -0.503. The van der Waals surface area contributed by atoms with Gasteiger partial charge in [0.05, 0.1) is 13.7 Å². The normalized spacial score (nSPS) is 11.1. The number of aryl methyl sites for hydroxylation is 1. The fourth-order valence-electron chi connectivity index (χ4n) is 1.86. The highest BCUT2D eigenvalue weighted by Crippen LogP contribution is 2.16. The van der Waals surface area contributed by atoms with Crippen molar-refractivity contribution >= 4 is 11.8 Å². The first kappa shape index (κ1) is 16.5. The Hall–Kier alpha value is -1.56.